The monoisotopic (exact) mass is 943 g/mol. The molecule has 0 aliphatic rings. The third-order valence-electron chi connectivity index (χ3n) is 11.5. The van der Waals surface area contributed by atoms with E-state index in [0.29, 0.717) is 19.3 Å². The van der Waals surface area contributed by atoms with Crippen molar-refractivity contribution in [2.24, 2.45) is 0 Å². The van der Waals surface area contributed by atoms with E-state index >= 15 is 0 Å². The predicted molar refractivity (Wildman–Crippen MR) is 293 cm³/mol. The standard InChI is InChI=1S/C62H102O6/c1-4-7-10-13-16-19-22-25-28-30-31-32-35-37-40-43-46-49-52-55-61(64)67-58-59(57-66-60(63)54-51-48-45-42-39-36-33-27-24-21-18-15-12-9-6-3)68-62(65)56-53-50-47-44-41-38-34-29-26-23-20-17-14-11-8-5-2/h8,11,16-22,24-27,29,38,41,47,50,59H,4-7,9-10,12-15,23,28,30-37,39-40,42-46,48-49,51-58H2,1-3H3/b11-8-,19-16-,20-17-,21-18-,25-22-,27-24-,29-26-,41-38-,50-47-. The van der Waals surface area contributed by atoms with E-state index in [9.17, 15) is 14.4 Å². The molecule has 0 aromatic carbocycles. The minimum absolute atomic E-state index is 0.115. The second-order valence-electron chi connectivity index (χ2n) is 18.2. The highest BCUT2D eigenvalue weighted by Gasteiger charge is 2.19. The van der Waals surface area contributed by atoms with E-state index in [2.05, 4.69) is 118 Å². The van der Waals surface area contributed by atoms with E-state index in [1.807, 2.05) is 12.2 Å². The zero-order valence-corrected chi connectivity index (χ0v) is 44.1. The van der Waals surface area contributed by atoms with Crippen molar-refractivity contribution in [3.8, 4) is 0 Å². The van der Waals surface area contributed by atoms with Gasteiger partial charge in [0.2, 0.25) is 0 Å². The molecule has 1 unspecified atom stereocenters. The van der Waals surface area contributed by atoms with Gasteiger partial charge < -0.3 is 14.2 Å². The van der Waals surface area contributed by atoms with Crippen LogP contribution in [-0.4, -0.2) is 37.2 Å². The van der Waals surface area contributed by atoms with E-state index in [0.717, 1.165) is 83.5 Å². The third-order valence-corrected chi connectivity index (χ3v) is 11.5. The summed E-state index contributed by atoms with van der Waals surface area (Å²) in [5, 5.41) is 0. The van der Waals surface area contributed by atoms with Crippen LogP contribution < -0.4 is 0 Å². The van der Waals surface area contributed by atoms with Gasteiger partial charge in [0.05, 0.1) is 0 Å². The summed E-state index contributed by atoms with van der Waals surface area (Å²) in [6.45, 7) is 6.39. The number of allylic oxidation sites excluding steroid dienone is 18. The van der Waals surface area contributed by atoms with Crippen LogP contribution >= 0.6 is 0 Å². The first-order valence-corrected chi connectivity index (χ1v) is 27.9. The molecule has 0 bridgehead atoms. The highest BCUT2D eigenvalue weighted by molar-refractivity contribution is 5.71. The third kappa shape index (κ3) is 53.0. The number of hydrogen-bond acceptors (Lipinski definition) is 6. The van der Waals surface area contributed by atoms with Gasteiger partial charge in [-0.05, 0) is 103 Å². The van der Waals surface area contributed by atoms with Crippen LogP contribution in [0.3, 0.4) is 0 Å². The van der Waals surface area contributed by atoms with E-state index < -0.39 is 12.1 Å². The van der Waals surface area contributed by atoms with Gasteiger partial charge in [-0.25, -0.2) is 0 Å². The van der Waals surface area contributed by atoms with E-state index in [4.69, 9.17) is 14.2 Å². The zero-order valence-electron chi connectivity index (χ0n) is 44.1. The summed E-state index contributed by atoms with van der Waals surface area (Å²) in [6.07, 6.45) is 75.1. The topological polar surface area (TPSA) is 78.9 Å². The lowest BCUT2D eigenvalue weighted by Gasteiger charge is -2.18. The summed E-state index contributed by atoms with van der Waals surface area (Å²) in [5.41, 5.74) is 0. The number of esters is 3. The van der Waals surface area contributed by atoms with Crippen LogP contribution in [0, 0.1) is 0 Å². The summed E-state index contributed by atoms with van der Waals surface area (Å²) < 4.78 is 16.8. The highest BCUT2D eigenvalue weighted by Crippen LogP contribution is 2.14. The molecule has 1 atom stereocenters. The van der Waals surface area contributed by atoms with E-state index in [-0.39, 0.29) is 31.6 Å². The molecule has 0 amide bonds. The summed E-state index contributed by atoms with van der Waals surface area (Å²) in [7, 11) is 0. The molecule has 0 saturated heterocycles. The van der Waals surface area contributed by atoms with Crippen LogP contribution in [-0.2, 0) is 28.6 Å². The first-order valence-electron chi connectivity index (χ1n) is 27.9. The maximum Gasteiger partial charge on any atom is 0.306 e. The van der Waals surface area contributed by atoms with Crippen LogP contribution in [0.15, 0.2) is 109 Å². The maximum absolute atomic E-state index is 12.8. The number of carbonyl (C=O) groups is 3. The Morgan fingerprint density at radius 3 is 1.01 bits per heavy atom. The Morgan fingerprint density at radius 2 is 0.647 bits per heavy atom. The smallest absolute Gasteiger partial charge is 0.306 e. The number of hydrogen-bond donors (Lipinski definition) is 0. The first kappa shape index (κ1) is 64.1. The van der Waals surface area contributed by atoms with Gasteiger partial charge in [-0.3, -0.25) is 14.4 Å². The van der Waals surface area contributed by atoms with Gasteiger partial charge in [0.25, 0.3) is 0 Å². The fraction of sp³-hybridized carbons (Fsp3) is 0.661. The number of carbonyl (C=O) groups excluding carboxylic acids is 3. The molecule has 0 aliphatic carbocycles. The van der Waals surface area contributed by atoms with Crippen molar-refractivity contribution in [1.29, 1.82) is 0 Å². The lowest BCUT2D eigenvalue weighted by molar-refractivity contribution is -0.166. The van der Waals surface area contributed by atoms with Crippen LogP contribution in [0.25, 0.3) is 0 Å². The molecule has 68 heavy (non-hydrogen) atoms. The quantitative estimate of drug-likeness (QED) is 0.0199. The molecule has 0 aromatic heterocycles. The summed E-state index contributed by atoms with van der Waals surface area (Å²) in [6, 6.07) is 0. The van der Waals surface area contributed by atoms with Crippen molar-refractivity contribution in [2.45, 2.75) is 252 Å². The Kier molecular flexibility index (Phi) is 52.4. The van der Waals surface area contributed by atoms with E-state index in [1.54, 1.807) is 0 Å². The first-order chi connectivity index (χ1) is 33.5. The van der Waals surface area contributed by atoms with Gasteiger partial charge in [-0.1, -0.05) is 233 Å². The molecule has 0 radical (unpaired) electrons. The van der Waals surface area contributed by atoms with Crippen LogP contribution in [0.2, 0.25) is 0 Å². The average Bonchev–Trinajstić information content (AvgIpc) is 3.34. The molecular formula is C62H102O6. The van der Waals surface area contributed by atoms with Gasteiger partial charge in [0.15, 0.2) is 6.10 Å². The Bertz CT molecular complexity index is 1410. The normalized spacial score (nSPS) is 12.9. The highest BCUT2D eigenvalue weighted by atomic mass is 16.6. The molecule has 0 aliphatic heterocycles. The molecule has 0 aromatic rings. The Morgan fingerprint density at radius 1 is 0.324 bits per heavy atom. The number of rotatable bonds is 49. The Labute approximate surface area is 419 Å². The molecule has 0 N–H and O–H groups in total. The number of unbranched alkanes of at least 4 members (excludes halogenated alkanes) is 22. The van der Waals surface area contributed by atoms with Crippen molar-refractivity contribution >= 4 is 17.9 Å². The molecule has 0 heterocycles. The van der Waals surface area contributed by atoms with Gasteiger partial charge in [-0.15, -0.1) is 0 Å². The molecule has 0 fully saturated rings. The molecule has 386 valence electrons. The van der Waals surface area contributed by atoms with Gasteiger partial charge in [-0.2, -0.15) is 0 Å². The van der Waals surface area contributed by atoms with Crippen LogP contribution in [0.4, 0.5) is 0 Å². The van der Waals surface area contributed by atoms with Crippen molar-refractivity contribution in [1.82, 2.24) is 0 Å². The van der Waals surface area contributed by atoms with Crippen molar-refractivity contribution < 1.29 is 28.6 Å². The lowest BCUT2D eigenvalue weighted by Crippen LogP contribution is -2.30. The van der Waals surface area contributed by atoms with E-state index in [1.165, 1.54) is 116 Å². The summed E-state index contributed by atoms with van der Waals surface area (Å²) in [5.74, 6) is -1.01. The largest absolute Gasteiger partial charge is 0.462 e. The second-order valence-corrected chi connectivity index (χ2v) is 18.2. The number of ether oxygens (including phenoxy) is 3. The zero-order chi connectivity index (χ0) is 49.3. The SMILES string of the molecule is CC/C=C\C/C=C\C/C=C\C/C=C\C/C=C\CCC(=O)OC(COC(=O)CCCCCCCC/C=C\C=C/CCCCC)COC(=O)CCCCCCCCCCCC/C=C\C=C/CCCCC. The van der Waals surface area contributed by atoms with Crippen molar-refractivity contribution in [3.05, 3.63) is 109 Å². The molecule has 6 nitrogen and oxygen atoms in total. The second kappa shape index (κ2) is 55.7. The molecular weight excluding hydrogens is 841 g/mol. The fourth-order valence-electron chi connectivity index (χ4n) is 7.35. The minimum Gasteiger partial charge on any atom is -0.462 e. The Balaban J connectivity index is 4.50. The predicted octanol–water partition coefficient (Wildman–Crippen LogP) is 18.7. The van der Waals surface area contributed by atoms with Crippen LogP contribution in [0.1, 0.15) is 245 Å². The van der Waals surface area contributed by atoms with Crippen LogP contribution in [0.5, 0.6) is 0 Å². The summed E-state index contributed by atoms with van der Waals surface area (Å²) in [4.78, 5) is 38.1. The molecule has 0 rings (SSSR count). The fourth-order valence-corrected chi connectivity index (χ4v) is 7.35. The average molecular weight is 943 g/mol. The molecule has 6 heteroatoms. The van der Waals surface area contributed by atoms with Gasteiger partial charge in [0, 0.05) is 19.3 Å². The Hall–Kier alpha value is -3.93. The van der Waals surface area contributed by atoms with Gasteiger partial charge >= 0.3 is 17.9 Å². The lowest BCUT2D eigenvalue weighted by atomic mass is 10.1. The van der Waals surface area contributed by atoms with Crippen molar-refractivity contribution in [2.75, 3.05) is 13.2 Å². The maximum atomic E-state index is 12.8. The van der Waals surface area contributed by atoms with Crippen molar-refractivity contribution in [3.63, 3.8) is 0 Å². The molecule has 0 spiro atoms. The summed E-state index contributed by atoms with van der Waals surface area (Å²) >= 11 is 0. The molecule has 0 saturated carbocycles. The van der Waals surface area contributed by atoms with Gasteiger partial charge in [0.1, 0.15) is 13.2 Å². The minimum atomic E-state index is -0.826.